The van der Waals surface area contributed by atoms with Crippen LogP contribution in [0.15, 0.2) is 59.8 Å². The van der Waals surface area contributed by atoms with Gasteiger partial charge in [-0.1, -0.05) is 11.6 Å². The van der Waals surface area contributed by atoms with Crippen molar-refractivity contribution in [2.75, 3.05) is 14.1 Å². The van der Waals surface area contributed by atoms with Crippen LogP contribution in [0.5, 0.6) is 0 Å². The van der Waals surface area contributed by atoms with E-state index in [1.165, 1.54) is 4.31 Å². The van der Waals surface area contributed by atoms with Crippen LogP contribution in [-0.4, -0.2) is 52.4 Å². The zero-order valence-electron chi connectivity index (χ0n) is 17.7. The third-order valence-electron chi connectivity index (χ3n) is 5.85. The molecule has 0 atom stereocenters. The second kappa shape index (κ2) is 7.14. The first-order chi connectivity index (χ1) is 15.9. The molecule has 0 radical (unpaired) electrons. The molecule has 33 heavy (non-hydrogen) atoms. The maximum Gasteiger partial charge on any atom is 0.142 e. The Morgan fingerprint density at radius 2 is 1.58 bits per heavy atom. The Bertz CT molecular complexity index is 1640. The zero-order chi connectivity index (χ0) is 22.9. The van der Waals surface area contributed by atoms with Gasteiger partial charge in [-0.25, -0.2) is 9.29 Å². The first-order valence-electron chi connectivity index (χ1n) is 10.1. The largest absolute Gasteiger partial charge is 0.345 e. The quantitative estimate of drug-likeness (QED) is 0.230. The van der Waals surface area contributed by atoms with Crippen molar-refractivity contribution in [2.24, 2.45) is 0 Å². The topological polar surface area (TPSA) is 114 Å². The van der Waals surface area contributed by atoms with Gasteiger partial charge in [0.2, 0.25) is 0 Å². The predicted molar refractivity (Wildman–Crippen MR) is 134 cm³/mol. The van der Waals surface area contributed by atoms with Gasteiger partial charge in [0.25, 0.3) is 0 Å². The Morgan fingerprint density at radius 3 is 2.30 bits per heavy atom. The molecule has 0 aliphatic heterocycles. The fourth-order valence-electron chi connectivity index (χ4n) is 4.21. The molecule has 166 valence electrons. The van der Waals surface area contributed by atoms with E-state index in [-0.39, 0.29) is 0 Å². The van der Waals surface area contributed by atoms with E-state index >= 15 is 0 Å². The van der Waals surface area contributed by atoms with Crippen molar-refractivity contribution in [2.45, 2.75) is 4.90 Å². The fourth-order valence-corrected chi connectivity index (χ4v) is 5.45. The highest BCUT2D eigenvalue weighted by molar-refractivity contribution is 8.22. The van der Waals surface area contributed by atoms with Gasteiger partial charge in [-0.15, -0.1) is 10.8 Å². The van der Waals surface area contributed by atoms with Crippen LogP contribution in [-0.2, 0) is 0 Å². The first-order valence-corrected chi connectivity index (χ1v) is 12.0. The number of rotatable bonds is 3. The molecule has 0 saturated heterocycles. The fraction of sp³-hybridized carbons (Fsp3) is 0.0870. The van der Waals surface area contributed by atoms with Gasteiger partial charge in [0, 0.05) is 48.2 Å². The third-order valence-corrected chi connectivity index (χ3v) is 8.04. The Labute approximate surface area is 194 Å². The molecule has 0 fully saturated rings. The van der Waals surface area contributed by atoms with Crippen molar-refractivity contribution in [3.63, 3.8) is 0 Å². The number of halogens is 1. The van der Waals surface area contributed by atoms with E-state index in [0.29, 0.717) is 21.4 Å². The SMILES string of the molecule is CN(C)S(O)(O)c1ccc2[nH]c(Cl)c(-c3nc4c5cccnc5c5ncccc5c4[nH]3)c2c1. The molecule has 0 aliphatic carbocycles. The summed E-state index contributed by atoms with van der Waals surface area (Å²) >= 11 is 6.63. The highest BCUT2D eigenvalue weighted by atomic mass is 35.5. The van der Waals surface area contributed by atoms with Crippen LogP contribution >= 0.6 is 22.4 Å². The predicted octanol–water partition coefficient (Wildman–Crippen LogP) is 6.05. The molecule has 0 saturated carbocycles. The molecule has 4 heterocycles. The van der Waals surface area contributed by atoms with E-state index in [1.807, 2.05) is 24.3 Å². The van der Waals surface area contributed by atoms with Gasteiger partial charge in [0.15, 0.2) is 0 Å². The van der Waals surface area contributed by atoms with Crippen molar-refractivity contribution < 1.29 is 9.11 Å². The van der Waals surface area contributed by atoms with Gasteiger partial charge < -0.3 is 9.97 Å². The number of aromatic amines is 2. The minimum absolute atomic E-state index is 0.400. The Balaban J connectivity index is 1.67. The molecular weight excluding hydrogens is 460 g/mol. The first kappa shape index (κ1) is 20.4. The molecule has 6 aromatic rings. The summed E-state index contributed by atoms with van der Waals surface area (Å²) < 4.78 is 22.7. The average molecular weight is 479 g/mol. The molecule has 0 spiro atoms. The van der Waals surface area contributed by atoms with Crippen LogP contribution in [0, 0.1) is 0 Å². The van der Waals surface area contributed by atoms with Gasteiger partial charge in [0.1, 0.15) is 11.0 Å². The number of benzene rings is 2. The van der Waals surface area contributed by atoms with E-state index < -0.39 is 10.8 Å². The molecule has 6 rings (SSSR count). The van der Waals surface area contributed by atoms with Gasteiger partial charge >= 0.3 is 0 Å². The van der Waals surface area contributed by atoms with Gasteiger partial charge in [-0.2, -0.15) is 0 Å². The monoisotopic (exact) mass is 478 g/mol. The van der Waals surface area contributed by atoms with Crippen LogP contribution in [0.2, 0.25) is 5.15 Å². The smallest absolute Gasteiger partial charge is 0.142 e. The molecule has 8 nitrogen and oxygen atoms in total. The number of H-pyrrole nitrogens is 2. The number of imidazole rings is 1. The maximum absolute atomic E-state index is 10.6. The molecule has 0 aliphatic rings. The van der Waals surface area contributed by atoms with E-state index in [0.717, 1.165) is 43.7 Å². The maximum atomic E-state index is 10.6. The number of fused-ring (bicyclic) bond motifs is 7. The molecule has 4 N–H and O–H groups in total. The molecule has 10 heteroatoms. The standard InChI is InChI=1S/C23H19ClN6O2S/c1-30(2)33(31,32)12-7-8-16-15(11-12)17(22(24)27-16)23-28-20-13-5-3-9-25-18(13)19-14(21(20)29-23)6-4-10-26-19/h3-11,27,31-32H,1-2H3,(H,28,29). The number of hydrogen-bond donors (Lipinski definition) is 4. The number of hydrogen-bond acceptors (Lipinski definition) is 6. The molecular formula is C23H19ClN6O2S. The van der Waals surface area contributed by atoms with E-state index in [2.05, 4.69) is 19.9 Å². The lowest BCUT2D eigenvalue weighted by atomic mass is 10.1. The highest BCUT2D eigenvalue weighted by Crippen LogP contribution is 2.51. The molecule has 4 aromatic heterocycles. The lowest BCUT2D eigenvalue weighted by molar-refractivity contribution is 0.414. The second-order valence-electron chi connectivity index (χ2n) is 7.96. The van der Waals surface area contributed by atoms with Crippen molar-refractivity contribution in [3.05, 3.63) is 60.0 Å². The average Bonchev–Trinajstić information content (AvgIpc) is 3.39. The summed E-state index contributed by atoms with van der Waals surface area (Å²) in [5, 5.41) is 2.95. The summed E-state index contributed by atoms with van der Waals surface area (Å²) in [4.78, 5) is 21.0. The summed E-state index contributed by atoms with van der Waals surface area (Å²) in [5.74, 6) is 0.571. The number of pyridine rings is 2. The van der Waals surface area contributed by atoms with Gasteiger partial charge in [-0.3, -0.25) is 19.1 Å². The van der Waals surface area contributed by atoms with E-state index in [9.17, 15) is 9.11 Å². The Morgan fingerprint density at radius 1 is 0.879 bits per heavy atom. The minimum atomic E-state index is -3.11. The summed E-state index contributed by atoms with van der Waals surface area (Å²) in [5.41, 5.74) is 4.62. The van der Waals surface area contributed by atoms with Crippen LogP contribution in [0.25, 0.3) is 55.1 Å². The third kappa shape index (κ3) is 2.94. The van der Waals surface area contributed by atoms with E-state index in [1.54, 1.807) is 44.7 Å². The molecule has 2 aromatic carbocycles. The minimum Gasteiger partial charge on any atom is -0.345 e. The Hall–Kier alpha value is -3.21. The van der Waals surface area contributed by atoms with Crippen molar-refractivity contribution in [1.82, 2.24) is 29.2 Å². The molecule has 0 amide bonds. The number of nitrogens with zero attached hydrogens (tertiary/aromatic N) is 4. The molecule has 0 bridgehead atoms. The summed E-state index contributed by atoms with van der Waals surface area (Å²) in [6.45, 7) is 0. The van der Waals surface area contributed by atoms with Crippen LogP contribution < -0.4 is 0 Å². The number of nitrogens with one attached hydrogen (secondary N) is 2. The van der Waals surface area contributed by atoms with E-state index in [4.69, 9.17) is 16.6 Å². The summed E-state index contributed by atoms with van der Waals surface area (Å²) in [6, 6.07) is 12.9. The second-order valence-corrected chi connectivity index (χ2v) is 10.6. The number of aromatic nitrogens is 5. The van der Waals surface area contributed by atoms with Gasteiger partial charge in [-0.05, 0) is 42.5 Å². The lowest BCUT2D eigenvalue weighted by Gasteiger charge is -2.38. The van der Waals surface area contributed by atoms with Crippen LogP contribution in [0.3, 0.4) is 0 Å². The lowest BCUT2D eigenvalue weighted by Crippen LogP contribution is -2.18. The summed E-state index contributed by atoms with van der Waals surface area (Å²) in [7, 11) is 0.143. The van der Waals surface area contributed by atoms with Crippen LogP contribution in [0.1, 0.15) is 0 Å². The zero-order valence-corrected chi connectivity index (χ0v) is 19.2. The summed E-state index contributed by atoms with van der Waals surface area (Å²) in [6.07, 6.45) is 3.50. The van der Waals surface area contributed by atoms with Crippen molar-refractivity contribution in [1.29, 1.82) is 0 Å². The van der Waals surface area contributed by atoms with Crippen LogP contribution in [0.4, 0.5) is 0 Å². The van der Waals surface area contributed by atoms with Gasteiger partial charge in [0.05, 0.1) is 32.5 Å². The van der Waals surface area contributed by atoms with Crippen molar-refractivity contribution in [3.8, 4) is 11.4 Å². The Kier molecular flexibility index (Phi) is 4.42. The highest BCUT2D eigenvalue weighted by Gasteiger charge is 2.23. The normalized spacial score (nSPS) is 13.2. The van der Waals surface area contributed by atoms with Crippen molar-refractivity contribution >= 4 is 66.1 Å². The molecule has 0 unspecified atom stereocenters.